The van der Waals surface area contributed by atoms with E-state index in [-0.39, 0.29) is 5.91 Å². The second-order valence-corrected chi connectivity index (χ2v) is 4.45. The molecule has 1 atom stereocenters. The van der Waals surface area contributed by atoms with Gasteiger partial charge >= 0.3 is 0 Å². The van der Waals surface area contributed by atoms with Gasteiger partial charge in [-0.2, -0.15) is 5.10 Å². The predicted octanol–water partition coefficient (Wildman–Crippen LogP) is 0.969. The summed E-state index contributed by atoms with van der Waals surface area (Å²) in [7, 11) is 0. The third-order valence-corrected chi connectivity index (χ3v) is 2.93. The molecule has 88 valence electrons. The molecule has 5 heteroatoms. The van der Waals surface area contributed by atoms with Crippen LogP contribution in [0.2, 0.25) is 0 Å². The lowest BCUT2D eigenvalue weighted by Gasteiger charge is -2.11. The molecule has 2 rings (SSSR count). The van der Waals surface area contributed by atoms with E-state index in [4.69, 9.17) is 5.73 Å². The van der Waals surface area contributed by atoms with Gasteiger partial charge in [-0.15, -0.1) is 0 Å². The van der Waals surface area contributed by atoms with Crippen LogP contribution >= 0.6 is 0 Å². The number of carbonyl (C=O) groups is 1. The first-order valence-electron chi connectivity index (χ1n) is 5.73. The molecule has 0 aliphatic heterocycles. The van der Waals surface area contributed by atoms with E-state index in [0.29, 0.717) is 19.0 Å². The van der Waals surface area contributed by atoms with Crippen molar-refractivity contribution in [1.82, 2.24) is 9.78 Å². The van der Waals surface area contributed by atoms with Gasteiger partial charge in [-0.3, -0.25) is 9.48 Å². The van der Waals surface area contributed by atoms with E-state index in [0.717, 1.165) is 11.7 Å². The number of carbonyl (C=O) groups excluding carboxylic acids is 1. The number of nitrogens with one attached hydrogen (secondary N) is 1. The van der Waals surface area contributed by atoms with Gasteiger partial charge in [0.25, 0.3) is 0 Å². The van der Waals surface area contributed by atoms with Gasteiger partial charge in [0, 0.05) is 31.3 Å². The van der Waals surface area contributed by atoms with Gasteiger partial charge in [0.05, 0.1) is 0 Å². The Labute approximate surface area is 95.0 Å². The zero-order valence-electron chi connectivity index (χ0n) is 9.52. The van der Waals surface area contributed by atoms with Gasteiger partial charge in [-0.1, -0.05) is 0 Å². The normalized spacial score (nSPS) is 17.1. The highest BCUT2D eigenvalue weighted by molar-refractivity contribution is 5.73. The highest BCUT2D eigenvalue weighted by atomic mass is 16.1. The molecule has 0 radical (unpaired) electrons. The van der Waals surface area contributed by atoms with Gasteiger partial charge in [0.1, 0.15) is 5.82 Å². The Morgan fingerprint density at radius 2 is 2.50 bits per heavy atom. The molecule has 0 saturated heterocycles. The topological polar surface area (TPSA) is 72.9 Å². The number of nitrogens with two attached hydrogens (primary N) is 1. The molecule has 16 heavy (non-hydrogen) atoms. The van der Waals surface area contributed by atoms with Crippen LogP contribution in [0.1, 0.15) is 26.2 Å². The Balaban J connectivity index is 1.83. The van der Waals surface area contributed by atoms with E-state index in [2.05, 4.69) is 17.3 Å². The molecule has 5 nitrogen and oxygen atoms in total. The number of primary amides is 1. The Hall–Kier alpha value is -1.52. The summed E-state index contributed by atoms with van der Waals surface area (Å²) < 4.78 is 1.74. The fourth-order valence-corrected chi connectivity index (χ4v) is 1.74. The van der Waals surface area contributed by atoms with Crippen LogP contribution in [0.25, 0.3) is 0 Å². The molecule has 1 heterocycles. The first kappa shape index (κ1) is 11.0. The number of anilines is 1. The summed E-state index contributed by atoms with van der Waals surface area (Å²) in [4.78, 5) is 10.6. The van der Waals surface area contributed by atoms with Gasteiger partial charge < -0.3 is 11.1 Å². The molecular weight excluding hydrogens is 204 g/mol. The SMILES string of the molecule is CC(Nc1ccn(CCC(N)=O)n1)C1CC1. The van der Waals surface area contributed by atoms with Gasteiger partial charge in [-0.05, 0) is 25.7 Å². The molecule has 1 fully saturated rings. The molecule has 1 aliphatic carbocycles. The molecule has 1 aliphatic rings. The largest absolute Gasteiger partial charge is 0.370 e. The van der Waals surface area contributed by atoms with Gasteiger partial charge in [-0.25, -0.2) is 0 Å². The fourth-order valence-electron chi connectivity index (χ4n) is 1.74. The number of amides is 1. The van der Waals surface area contributed by atoms with Crippen LogP contribution in [0.3, 0.4) is 0 Å². The molecule has 0 spiro atoms. The zero-order valence-corrected chi connectivity index (χ0v) is 9.52. The monoisotopic (exact) mass is 222 g/mol. The molecule has 1 saturated carbocycles. The first-order valence-corrected chi connectivity index (χ1v) is 5.73. The minimum absolute atomic E-state index is 0.295. The van der Waals surface area contributed by atoms with E-state index in [1.807, 2.05) is 12.3 Å². The Bertz CT molecular complexity index is 370. The van der Waals surface area contributed by atoms with Crippen LogP contribution in [0.15, 0.2) is 12.3 Å². The van der Waals surface area contributed by atoms with Crippen molar-refractivity contribution in [1.29, 1.82) is 0 Å². The van der Waals surface area contributed by atoms with Gasteiger partial charge in [0.15, 0.2) is 0 Å². The smallest absolute Gasteiger partial charge is 0.219 e. The molecule has 1 aromatic heterocycles. The Morgan fingerprint density at radius 1 is 1.75 bits per heavy atom. The number of aryl methyl sites for hydroxylation is 1. The lowest BCUT2D eigenvalue weighted by atomic mass is 10.2. The molecule has 1 aromatic rings. The third-order valence-electron chi connectivity index (χ3n) is 2.93. The maximum absolute atomic E-state index is 10.6. The predicted molar refractivity (Wildman–Crippen MR) is 61.8 cm³/mol. The molecular formula is C11H18N4O. The maximum atomic E-state index is 10.6. The van der Waals surface area contributed by atoms with Crippen LogP contribution in [0.4, 0.5) is 5.82 Å². The number of aromatic nitrogens is 2. The summed E-state index contributed by atoms with van der Waals surface area (Å²) in [5.74, 6) is 1.39. The number of nitrogens with zero attached hydrogens (tertiary/aromatic N) is 2. The van der Waals surface area contributed by atoms with E-state index < -0.39 is 0 Å². The van der Waals surface area contributed by atoms with Crippen molar-refractivity contribution in [3.05, 3.63) is 12.3 Å². The first-order chi connectivity index (χ1) is 7.65. The standard InChI is InChI=1S/C11H18N4O/c1-8(9-2-3-9)13-11-5-7-15(14-11)6-4-10(12)16/h5,7-9H,2-4,6H2,1H3,(H2,12,16)(H,13,14). The van der Waals surface area contributed by atoms with Crippen molar-refractivity contribution in [3.8, 4) is 0 Å². The van der Waals surface area contributed by atoms with Crippen LogP contribution in [-0.2, 0) is 11.3 Å². The summed E-state index contributed by atoms with van der Waals surface area (Å²) in [5, 5.41) is 7.69. The van der Waals surface area contributed by atoms with Crippen molar-refractivity contribution in [2.75, 3.05) is 5.32 Å². The van der Waals surface area contributed by atoms with Crippen molar-refractivity contribution in [2.45, 2.75) is 38.8 Å². The van der Waals surface area contributed by atoms with Crippen molar-refractivity contribution in [3.63, 3.8) is 0 Å². The summed E-state index contributed by atoms with van der Waals surface area (Å²) in [6.07, 6.45) is 4.83. The Kier molecular flexibility index (Phi) is 3.12. The van der Waals surface area contributed by atoms with E-state index in [1.54, 1.807) is 4.68 Å². The summed E-state index contributed by atoms with van der Waals surface area (Å²) in [6.45, 7) is 2.73. The second kappa shape index (κ2) is 4.55. The maximum Gasteiger partial charge on any atom is 0.219 e. The summed E-state index contributed by atoms with van der Waals surface area (Å²) >= 11 is 0. The van der Waals surface area contributed by atoms with Crippen LogP contribution < -0.4 is 11.1 Å². The van der Waals surface area contributed by atoms with E-state index in [1.165, 1.54) is 12.8 Å². The number of hydrogen-bond acceptors (Lipinski definition) is 3. The minimum atomic E-state index is -0.295. The van der Waals surface area contributed by atoms with Crippen molar-refractivity contribution in [2.24, 2.45) is 11.7 Å². The average molecular weight is 222 g/mol. The van der Waals surface area contributed by atoms with E-state index in [9.17, 15) is 4.79 Å². The zero-order chi connectivity index (χ0) is 11.5. The molecule has 0 aromatic carbocycles. The number of rotatable bonds is 6. The van der Waals surface area contributed by atoms with Crippen LogP contribution in [0, 0.1) is 5.92 Å². The Morgan fingerprint density at radius 3 is 3.12 bits per heavy atom. The van der Waals surface area contributed by atoms with E-state index >= 15 is 0 Å². The minimum Gasteiger partial charge on any atom is -0.370 e. The van der Waals surface area contributed by atoms with Crippen molar-refractivity contribution >= 4 is 11.7 Å². The summed E-state index contributed by atoms with van der Waals surface area (Å²) in [6, 6.07) is 2.42. The third kappa shape index (κ3) is 2.98. The summed E-state index contributed by atoms with van der Waals surface area (Å²) in [5.41, 5.74) is 5.08. The lowest BCUT2D eigenvalue weighted by Crippen LogP contribution is -2.18. The lowest BCUT2D eigenvalue weighted by molar-refractivity contribution is -0.118. The molecule has 3 N–H and O–H groups in total. The molecule has 1 amide bonds. The quantitative estimate of drug-likeness (QED) is 0.753. The highest BCUT2D eigenvalue weighted by Crippen LogP contribution is 2.33. The average Bonchev–Trinajstić information content (AvgIpc) is 2.98. The fraction of sp³-hybridized carbons (Fsp3) is 0.636. The highest BCUT2D eigenvalue weighted by Gasteiger charge is 2.28. The van der Waals surface area contributed by atoms with Crippen LogP contribution in [-0.4, -0.2) is 21.7 Å². The molecule has 0 bridgehead atoms. The number of hydrogen-bond donors (Lipinski definition) is 2. The van der Waals surface area contributed by atoms with Gasteiger partial charge in [0.2, 0.25) is 5.91 Å². The van der Waals surface area contributed by atoms with Crippen molar-refractivity contribution < 1.29 is 4.79 Å². The second-order valence-electron chi connectivity index (χ2n) is 4.45. The molecule has 1 unspecified atom stereocenters. The van der Waals surface area contributed by atoms with Crippen LogP contribution in [0.5, 0.6) is 0 Å².